The average Bonchev–Trinajstić information content (AvgIpc) is 3.30. The van der Waals surface area contributed by atoms with Crippen molar-refractivity contribution in [3.63, 3.8) is 0 Å². The predicted octanol–water partition coefficient (Wildman–Crippen LogP) is 5.35. The van der Waals surface area contributed by atoms with Crippen LogP contribution in [0.5, 0.6) is 5.75 Å². The lowest BCUT2D eigenvalue weighted by Gasteiger charge is -2.07. The zero-order valence-electron chi connectivity index (χ0n) is 17.4. The van der Waals surface area contributed by atoms with Crippen LogP contribution in [0.4, 0.5) is 5.69 Å². The molecule has 1 amide bonds. The Morgan fingerprint density at radius 2 is 1.56 bits per heavy atom. The summed E-state index contributed by atoms with van der Waals surface area (Å²) in [5, 5.41) is 9.60. The number of hydrogen-bond acceptors (Lipinski definition) is 4. The first-order valence-corrected chi connectivity index (χ1v) is 10.2. The topological polar surface area (TPSA) is 69.0 Å². The van der Waals surface area contributed by atoms with Crippen molar-refractivity contribution in [1.82, 2.24) is 14.8 Å². The van der Waals surface area contributed by atoms with E-state index >= 15 is 0 Å². The Bertz CT molecular complexity index is 1390. The number of benzene rings is 4. The highest BCUT2D eigenvalue weighted by atomic mass is 16.5. The molecule has 0 atom stereocenters. The molecule has 32 heavy (non-hydrogen) atoms. The predicted molar refractivity (Wildman–Crippen MR) is 125 cm³/mol. The van der Waals surface area contributed by atoms with E-state index in [4.69, 9.17) is 4.74 Å². The summed E-state index contributed by atoms with van der Waals surface area (Å²) in [6, 6.07) is 30.9. The third kappa shape index (κ3) is 3.81. The number of nitrogens with zero attached hydrogens (tertiary/aromatic N) is 3. The van der Waals surface area contributed by atoms with Crippen molar-refractivity contribution in [2.24, 2.45) is 0 Å². The largest absolute Gasteiger partial charge is 0.497 e. The molecule has 0 saturated carbocycles. The van der Waals surface area contributed by atoms with E-state index in [2.05, 4.69) is 15.4 Å². The molecule has 6 nitrogen and oxygen atoms in total. The van der Waals surface area contributed by atoms with Gasteiger partial charge in [-0.1, -0.05) is 60.7 Å². The van der Waals surface area contributed by atoms with Crippen molar-refractivity contribution in [3.05, 3.63) is 103 Å². The first-order valence-electron chi connectivity index (χ1n) is 10.2. The fourth-order valence-electron chi connectivity index (χ4n) is 3.54. The Kier molecular flexibility index (Phi) is 5.09. The Hall–Kier alpha value is -4.45. The van der Waals surface area contributed by atoms with Gasteiger partial charge in [0, 0.05) is 11.3 Å². The average molecular weight is 420 g/mol. The number of carbonyl (C=O) groups excluding carboxylic acids is 1. The van der Waals surface area contributed by atoms with Gasteiger partial charge in [-0.2, -0.15) is 0 Å². The molecule has 156 valence electrons. The van der Waals surface area contributed by atoms with E-state index in [1.54, 1.807) is 11.8 Å². The number of aromatic nitrogens is 3. The number of rotatable bonds is 5. The summed E-state index contributed by atoms with van der Waals surface area (Å²) in [5.41, 5.74) is 2.33. The highest BCUT2D eigenvalue weighted by Gasteiger charge is 2.19. The highest BCUT2D eigenvalue weighted by molar-refractivity contribution is 6.03. The fraction of sp³-hybridized carbons (Fsp3) is 0.0385. The zero-order valence-corrected chi connectivity index (χ0v) is 17.4. The lowest BCUT2D eigenvalue weighted by atomic mass is 10.1. The summed E-state index contributed by atoms with van der Waals surface area (Å²) >= 11 is 0. The van der Waals surface area contributed by atoms with Gasteiger partial charge < -0.3 is 10.1 Å². The number of methoxy groups -OCH3 is 1. The van der Waals surface area contributed by atoms with Crippen molar-refractivity contribution >= 4 is 22.4 Å². The van der Waals surface area contributed by atoms with Crippen molar-refractivity contribution in [1.29, 1.82) is 0 Å². The Labute approximate surface area is 185 Å². The van der Waals surface area contributed by atoms with Crippen LogP contribution in [0.25, 0.3) is 27.8 Å². The van der Waals surface area contributed by atoms with Gasteiger partial charge in [0.1, 0.15) is 5.75 Å². The van der Waals surface area contributed by atoms with Gasteiger partial charge in [-0.3, -0.25) is 4.79 Å². The first kappa shape index (κ1) is 19.5. The maximum Gasteiger partial charge on any atom is 0.295 e. The quantitative estimate of drug-likeness (QED) is 0.416. The number of fused-ring (bicyclic) bond motifs is 1. The molecule has 0 aliphatic rings. The van der Waals surface area contributed by atoms with Gasteiger partial charge in [0.15, 0.2) is 5.82 Å². The lowest BCUT2D eigenvalue weighted by molar-refractivity contribution is 0.101. The molecule has 1 aromatic heterocycles. The summed E-state index contributed by atoms with van der Waals surface area (Å²) < 4.78 is 6.92. The molecule has 0 bridgehead atoms. The van der Waals surface area contributed by atoms with Gasteiger partial charge in [0.05, 0.1) is 12.8 Å². The van der Waals surface area contributed by atoms with Crippen molar-refractivity contribution in [2.45, 2.75) is 0 Å². The summed E-state index contributed by atoms with van der Waals surface area (Å²) in [6.45, 7) is 0. The van der Waals surface area contributed by atoms with Crippen LogP contribution in [0, 0.1) is 0 Å². The van der Waals surface area contributed by atoms with Crippen LogP contribution in [0.2, 0.25) is 0 Å². The maximum atomic E-state index is 13.0. The summed E-state index contributed by atoms with van der Waals surface area (Å²) in [7, 11) is 1.62. The van der Waals surface area contributed by atoms with E-state index in [1.807, 2.05) is 97.1 Å². The molecule has 0 aliphatic carbocycles. The van der Waals surface area contributed by atoms with E-state index < -0.39 is 0 Å². The number of anilines is 1. The van der Waals surface area contributed by atoms with E-state index in [1.165, 1.54) is 0 Å². The molecule has 4 aromatic carbocycles. The van der Waals surface area contributed by atoms with E-state index in [9.17, 15) is 4.79 Å². The smallest absolute Gasteiger partial charge is 0.295 e. The second-order valence-electron chi connectivity index (χ2n) is 7.25. The summed E-state index contributed by atoms with van der Waals surface area (Å²) in [5.74, 6) is 1.04. The second kappa shape index (κ2) is 8.35. The molecule has 5 rings (SSSR count). The third-order valence-electron chi connectivity index (χ3n) is 5.17. The van der Waals surface area contributed by atoms with Crippen LogP contribution in [0.15, 0.2) is 97.1 Å². The Morgan fingerprint density at radius 3 is 2.31 bits per heavy atom. The Morgan fingerprint density at radius 1 is 0.844 bits per heavy atom. The van der Waals surface area contributed by atoms with Crippen molar-refractivity contribution in [2.75, 3.05) is 12.4 Å². The van der Waals surface area contributed by atoms with Crippen LogP contribution in [-0.2, 0) is 0 Å². The number of amides is 1. The zero-order chi connectivity index (χ0) is 21.9. The summed E-state index contributed by atoms with van der Waals surface area (Å²) in [6.07, 6.45) is 0. The first-order chi connectivity index (χ1) is 15.7. The molecule has 1 heterocycles. The molecule has 6 heteroatoms. The van der Waals surface area contributed by atoms with E-state index in [0.717, 1.165) is 27.8 Å². The van der Waals surface area contributed by atoms with Gasteiger partial charge in [-0.15, -0.1) is 5.10 Å². The minimum atomic E-state index is -0.371. The highest BCUT2D eigenvalue weighted by Crippen LogP contribution is 2.24. The molecule has 0 radical (unpaired) electrons. The molecule has 0 unspecified atom stereocenters. The number of carbonyl (C=O) groups is 1. The lowest BCUT2D eigenvalue weighted by Crippen LogP contribution is -2.14. The molecular weight excluding hydrogens is 400 g/mol. The van der Waals surface area contributed by atoms with Gasteiger partial charge in [0.2, 0.25) is 5.82 Å². The molecular formula is C26H20N4O2. The standard InChI is InChI=1S/C26H20N4O2/c1-32-23-15-13-22(14-16-23)30-25(19-8-3-2-4-9-19)28-24(29-30)26(31)27-21-12-11-18-7-5-6-10-20(18)17-21/h2-17H,1H3,(H,27,31). The fourth-order valence-corrected chi connectivity index (χ4v) is 3.54. The van der Waals surface area contributed by atoms with Crippen molar-refractivity contribution in [3.8, 4) is 22.8 Å². The SMILES string of the molecule is COc1ccc(-n2nc(C(=O)Nc3ccc4ccccc4c3)nc2-c2ccccc2)cc1. The third-order valence-corrected chi connectivity index (χ3v) is 5.17. The number of nitrogens with one attached hydrogen (secondary N) is 1. The van der Waals surface area contributed by atoms with Crippen LogP contribution < -0.4 is 10.1 Å². The molecule has 0 fully saturated rings. The second-order valence-corrected chi connectivity index (χ2v) is 7.25. The molecule has 1 N–H and O–H groups in total. The van der Waals surface area contributed by atoms with Crippen LogP contribution in [0.3, 0.4) is 0 Å². The molecule has 0 aliphatic heterocycles. The Balaban J connectivity index is 1.51. The minimum Gasteiger partial charge on any atom is -0.497 e. The van der Waals surface area contributed by atoms with E-state index in [-0.39, 0.29) is 11.7 Å². The summed E-state index contributed by atoms with van der Waals surface area (Å²) in [4.78, 5) is 17.6. The number of ether oxygens (including phenoxy) is 1. The van der Waals surface area contributed by atoms with Crippen molar-refractivity contribution < 1.29 is 9.53 Å². The minimum absolute atomic E-state index is 0.0906. The molecule has 0 saturated heterocycles. The van der Waals surface area contributed by atoms with Crippen LogP contribution >= 0.6 is 0 Å². The molecule has 5 aromatic rings. The van der Waals surface area contributed by atoms with Gasteiger partial charge in [0.25, 0.3) is 5.91 Å². The normalized spacial score (nSPS) is 10.8. The molecule has 0 spiro atoms. The van der Waals surface area contributed by atoms with E-state index in [0.29, 0.717) is 11.5 Å². The number of hydrogen-bond donors (Lipinski definition) is 1. The monoisotopic (exact) mass is 420 g/mol. The van der Waals surface area contributed by atoms with Gasteiger partial charge in [-0.25, -0.2) is 9.67 Å². The van der Waals surface area contributed by atoms with Gasteiger partial charge >= 0.3 is 0 Å². The van der Waals surface area contributed by atoms with Crippen LogP contribution in [-0.4, -0.2) is 27.8 Å². The maximum absolute atomic E-state index is 13.0. The van der Waals surface area contributed by atoms with Crippen LogP contribution in [0.1, 0.15) is 10.6 Å². The van der Waals surface area contributed by atoms with Gasteiger partial charge in [-0.05, 0) is 47.2 Å².